The van der Waals surface area contributed by atoms with Gasteiger partial charge in [-0.3, -0.25) is 5.10 Å². The van der Waals surface area contributed by atoms with Crippen LogP contribution in [0.5, 0.6) is 0 Å². The monoisotopic (exact) mass is 293 g/mol. The number of H-pyrrole nitrogens is 1. The van der Waals surface area contributed by atoms with Crippen LogP contribution in [0.15, 0.2) is 4.90 Å². The van der Waals surface area contributed by atoms with Crippen LogP contribution in [0, 0.1) is 6.92 Å². The minimum absolute atomic E-state index is 0.0687. The summed E-state index contributed by atoms with van der Waals surface area (Å²) in [6.45, 7) is 7.42. The highest BCUT2D eigenvalue weighted by Crippen LogP contribution is 2.28. The van der Waals surface area contributed by atoms with Gasteiger partial charge in [-0.15, -0.1) is 11.6 Å². The van der Waals surface area contributed by atoms with Crippen LogP contribution in [0.4, 0.5) is 0 Å². The zero-order valence-corrected chi connectivity index (χ0v) is 13.0. The quantitative estimate of drug-likeness (QED) is 0.847. The van der Waals surface area contributed by atoms with E-state index in [4.69, 9.17) is 11.6 Å². The molecule has 7 heteroatoms. The lowest BCUT2D eigenvalue weighted by Gasteiger charge is -2.33. The highest BCUT2D eigenvalue weighted by Gasteiger charge is 2.36. The van der Waals surface area contributed by atoms with Crippen molar-refractivity contribution in [3.8, 4) is 0 Å². The minimum Gasteiger partial charge on any atom is -0.281 e. The SMILES string of the molecule is CCC(C)(C)N(C)S(=O)(=O)c1c(CCl)n[nH]c1C. The number of hydrogen-bond donors (Lipinski definition) is 1. The maximum absolute atomic E-state index is 12.6. The van der Waals surface area contributed by atoms with Crippen molar-refractivity contribution in [3.05, 3.63) is 11.4 Å². The van der Waals surface area contributed by atoms with E-state index < -0.39 is 15.6 Å². The van der Waals surface area contributed by atoms with Crippen molar-refractivity contribution < 1.29 is 8.42 Å². The number of aromatic amines is 1. The second kappa shape index (κ2) is 5.19. The van der Waals surface area contributed by atoms with Gasteiger partial charge in [0.15, 0.2) is 0 Å². The molecule has 0 atom stereocenters. The first kappa shape index (κ1) is 15.5. The second-order valence-corrected chi connectivity index (χ2v) is 7.07. The topological polar surface area (TPSA) is 66.1 Å². The molecule has 5 nitrogen and oxygen atoms in total. The third kappa shape index (κ3) is 2.55. The molecule has 0 aliphatic rings. The molecule has 0 fully saturated rings. The van der Waals surface area contributed by atoms with E-state index >= 15 is 0 Å². The van der Waals surface area contributed by atoms with Crippen molar-refractivity contribution in [1.29, 1.82) is 0 Å². The van der Waals surface area contributed by atoms with Gasteiger partial charge in [0.25, 0.3) is 0 Å². The van der Waals surface area contributed by atoms with Crippen molar-refractivity contribution >= 4 is 21.6 Å². The van der Waals surface area contributed by atoms with E-state index in [2.05, 4.69) is 10.2 Å². The van der Waals surface area contributed by atoms with Crippen LogP contribution in [0.25, 0.3) is 0 Å². The van der Waals surface area contributed by atoms with Crippen molar-refractivity contribution in [1.82, 2.24) is 14.5 Å². The maximum atomic E-state index is 12.6. The molecule has 0 unspecified atom stereocenters. The summed E-state index contributed by atoms with van der Waals surface area (Å²) in [6, 6.07) is 0. The van der Waals surface area contributed by atoms with Gasteiger partial charge < -0.3 is 0 Å². The van der Waals surface area contributed by atoms with Crippen LogP contribution in [0.2, 0.25) is 0 Å². The maximum Gasteiger partial charge on any atom is 0.247 e. The molecule has 0 aliphatic heterocycles. The molecule has 18 heavy (non-hydrogen) atoms. The number of aryl methyl sites for hydroxylation is 1. The van der Waals surface area contributed by atoms with E-state index in [9.17, 15) is 8.42 Å². The number of nitrogens with zero attached hydrogens (tertiary/aromatic N) is 2. The molecule has 1 rings (SSSR count). The standard InChI is InChI=1S/C11H20ClN3O2S/c1-6-11(3,4)15(5)18(16,17)10-8(2)13-14-9(10)7-12/h6-7H2,1-5H3,(H,13,14). The molecule has 0 aromatic carbocycles. The van der Waals surface area contributed by atoms with Gasteiger partial charge in [-0.25, -0.2) is 8.42 Å². The van der Waals surface area contributed by atoms with Crippen LogP contribution < -0.4 is 0 Å². The number of halogens is 1. The second-order valence-electron chi connectivity index (χ2n) is 4.90. The Bertz CT molecular complexity index is 522. The molecule has 0 saturated heterocycles. The van der Waals surface area contributed by atoms with Gasteiger partial charge in [0.2, 0.25) is 10.0 Å². The van der Waals surface area contributed by atoms with Crippen LogP contribution in [-0.2, 0) is 15.9 Å². The van der Waals surface area contributed by atoms with Crippen LogP contribution >= 0.6 is 11.6 Å². The van der Waals surface area contributed by atoms with E-state index in [0.29, 0.717) is 11.4 Å². The fraction of sp³-hybridized carbons (Fsp3) is 0.727. The number of hydrogen-bond acceptors (Lipinski definition) is 3. The Balaban J connectivity index is 3.34. The molecule has 1 N–H and O–H groups in total. The van der Waals surface area contributed by atoms with Crippen molar-refractivity contribution in [3.63, 3.8) is 0 Å². The third-order valence-electron chi connectivity index (χ3n) is 3.42. The number of sulfonamides is 1. The summed E-state index contributed by atoms with van der Waals surface area (Å²) in [6.07, 6.45) is 0.718. The van der Waals surface area contributed by atoms with E-state index in [1.54, 1.807) is 14.0 Å². The van der Waals surface area contributed by atoms with Gasteiger partial charge in [0.1, 0.15) is 4.90 Å². The molecule has 1 aromatic rings. The van der Waals surface area contributed by atoms with E-state index in [1.807, 2.05) is 20.8 Å². The lowest BCUT2D eigenvalue weighted by Crippen LogP contribution is -2.44. The number of alkyl halides is 1. The van der Waals surface area contributed by atoms with Gasteiger partial charge in [0, 0.05) is 12.6 Å². The number of nitrogens with one attached hydrogen (secondary N) is 1. The zero-order chi connectivity index (χ0) is 14.1. The molecule has 0 bridgehead atoms. The first-order chi connectivity index (χ1) is 8.18. The van der Waals surface area contributed by atoms with E-state index in [-0.39, 0.29) is 10.8 Å². The Hall–Kier alpha value is -0.590. The van der Waals surface area contributed by atoms with Crippen molar-refractivity contribution in [2.24, 2.45) is 0 Å². The van der Waals surface area contributed by atoms with E-state index in [0.717, 1.165) is 6.42 Å². The van der Waals surface area contributed by atoms with Gasteiger partial charge in [-0.1, -0.05) is 6.92 Å². The summed E-state index contributed by atoms with van der Waals surface area (Å²) in [7, 11) is -2.00. The first-order valence-corrected chi connectivity index (χ1v) is 7.74. The van der Waals surface area contributed by atoms with Gasteiger partial charge in [-0.05, 0) is 27.2 Å². The molecule has 1 heterocycles. The first-order valence-electron chi connectivity index (χ1n) is 5.77. The average molecular weight is 294 g/mol. The fourth-order valence-corrected chi connectivity index (χ4v) is 3.76. The Labute approximate surface area is 114 Å². The molecule has 0 saturated carbocycles. The largest absolute Gasteiger partial charge is 0.281 e. The molecule has 0 radical (unpaired) electrons. The van der Waals surface area contributed by atoms with Crippen molar-refractivity contribution in [2.45, 2.75) is 50.4 Å². The molecule has 1 aromatic heterocycles. The molecular weight excluding hydrogens is 274 g/mol. The zero-order valence-electron chi connectivity index (χ0n) is 11.4. The summed E-state index contributed by atoms with van der Waals surface area (Å²) in [5.74, 6) is 0.0687. The normalized spacial score (nSPS) is 13.3. The van der Waals surface area contributed by atoms with Gasteiger partial charge in [-0.2, -0.15) is 9.40 Å². The van der Waals surface area contributed by atoms with Crippen molar-refractivity contribution in [2.75, 3.05) is 7.05 Å². The molecule has 0 aliphatic carbocycles. The predicted molar refractivity (Wildman–Crippen MR) is 72.2 cm³/mol. The Morgan fingerprint density at radius 1 is 1.44 bits per heavy atom. The summed E-state index contributed by atoms with van der Waals surface area (Å²) in [5, 5.41) is 6.61. The third-order valence-corrected chi connectivity index (χ3v) is 5.95. The average Bonchev–Trinajstić information content (AvgIpc) is 2.69. The predicted octanol–water partition coefficient (Wildman–Crippen LogP) is 2.27. The number of rotatable bonds is 5. The summed E-state index contributed by atoms with van der Waals surface area (Å²) < 4.78 is 26.6. The molecule has 0 amide bonds. The minimum atomic E-state index is -3.58. The lowest BCUT2D eigenvalue weighted by atomic mass is 10.0. The smallest absolute Gasteiger partial charge is 0.247 e. The van der Waals surface area contributed by atoms with Crippen LogP contribution in [0.1, 0.15) is 38.6 Å². The summed E-state index contributed by atoms with van der Waals surface area (Å²) >= 11 is 5.74. The highest BCUT2D eigenvalue weighted by atomic mass is 35.5. The fourth-order valence-electron chi connectivity index (χ4n) is 1.59. The Morgan fingerprint density at radius 2 is 2.00 bits per heavy atom. The molecular formula is C11H20ClN3O2S. The molecule has 0 spiro atoms. The van der Waals surface area contributed by atoms with Crippen LogP contribution in [-0.4, -0.2) is 35.5 Å². The van der Waals surface area contributed by atoms with Gasteiger partial charge >= 0.3 is 0 Å². The Morgan fingerprint density at radius 3 is 2.44 bits per heavy atom. The van der Waals surface area contributed by atoms with Gasteiger partial charge in [0.05, 0.1) is 17.3 Å². The molecule has 104 valence electrons. The summed E-state index contributed by atoms with van der Waals surface area (Å²) in [4.78, 5) is 0.196. The Kier molecular flexibility index (Phi) is 4.46. The van der Waals surface area contributed by atoms with E-state index in [1.165, 1.54) is 4.31 Å². The number of aromatic nitrogens is 2. The van der Waals surface area contributed by atoms with Crippen LogP contribution in [0.3, 0.4) is 0 Å². The highest BCUT2D eigenvalue weighted by molar-refractivity contribution is 7.89. The lowest BCUT2D eigenvalue weighted by molar-refractivity contribution is 0.257. The summed E-state index contributed by atoms with van der Waals surface area (Å²) in [5.41, 5.74) is 0.434.